The zero-order chi connectivity index (χ0) is 17.4. The summed E-state index contributed by atoms with van der Waals surface area (Å²) in [6.45, 7) is 2.50. The Balaban J connectivity index is 0.000000292. The maximum absolute atomic E-state index is 11.3. The molecule has 0 saturated carbocycles. The molecule has 1 aliphatic rings. The predicted molar refractivity (Wildman–Crippen MR) is 90.8 cm³/mol. The summed E-state index contributed by atoms with van der Waals surface area (Å²) in [5, 5.41) is 14.0. The zero-order valence-electron chi connectivity index (χ0n) is 13.0. The molecule has 0 bridgehead atoms. The Morgan fingerprint density at radius 3 is 2.33 bits per heavy atom. The molecule has 1 aliphatic heterocycles. The highest BCUT2D eigenvalue weighted by Gasteiger charge is 2.18. The number of hydrogen-bond donors (Lipinski definition) is 4. The molecule has 128 valence electrons. The molecule has 0 aromatic carbocycles. The Bertz CT molecular complexity index is 789. The maximum Gasteiger partial charge on any atom is 0.357 e. The van der Waals surface area contributed by atoms with E-state index in [4.69, 9.17) is 0 Å². The molecule has 9 heteroatoms. The molecule has 0 spiro atoms. The Morgan fingerprint density at radius 2 is 1.83 bits per heavy atom. The fraction of sp³-hybridized carbons (Fsp3) is 0.333. The van der Waals surface area contributed by atoms with Crippen LogP contribution in [-0.2, 0) is 0 Å². The fourth-order valence-electron chi connectivity index (χ4n) is 2.22. The van der Waals surface area contributed by atoms with Crippen LogP contribution in [0.25, 0.3) is 12.2 Å². The highest BCUT2D eigenvalue weighted by atomic mass is 16.6. The van der Waals surface area contributed by atoms with Gasteiger partial charge in [-0.2, -0.15) is 0 Å². The van der Waals surface area contributed by atoms with Crippen molar-refractivity contribution in [3.63, 3.8) is 0 Å². The van der Waals surface area contributed by atoms with Crippen molar-refractivity contribution in [2.24, 2.45) is 0 Å². The average Bonchev–Trinajstić information content (AvgIpc) is 3.07. The topological polar surface area (TPSA) is 137 Å². The van der Waals surface area contributed by atoms with Crippen LogP contribution in [0.1, 0.15) is 30.7 Å². The van der Waals surface area contributed by atoms with Gasteiger partial charge in [0, 0.05) is 11.9 Å². The van der Waals surface area contributed by atoms with E-state index in [9.17, 15) is 19.7 Å². The summed E-state index contributed by atoms with van der Waals surface area (Å²) in [5.41, 5.74) is -1.99. The molecule has 4 N–H and O–H groups in total. The second-order valence-corrected chi connectivity index (χ2v) is 5.20. The summed E-state index contributed by atoms with van der Waals surface area (Å²) in [5.74, 6) is 0. The first-order valence-corrected chi connectivity index (χ1v) is 7.61. The monoisotopic (exact) mass is 333 g/mol. The lowest BCUT2D eigenvalue weighted by atomic mass is 10.2. The van der Waals surface area contributed by atoms with Gasteiger partial charge < -0.3 is 15.3 Å². The second kappa shape index (κ2) is 8.63. The SMILES string of the molecule is C1CCNCC1.O=c1[nH]c(/C=C/c2ccc[nH]2)c([N+](=O)[O-])c(=O)[nH]1. The average molecular weight is 333 g/mol. The first kappa shape index (κ1) is 17.4. The number of rotatable bonds is 3. The van der Waals surface area contributed by atoms with Gasteiger partial charge in [-0.1, -0.05) is 6.42 Å². The lowest BCUT2D eigenvalue weighted by Gasteiger charge is -2.08. The lowest BCUT2D eigenvalue weighted by molar-refractivity contribution is -0.386. The Morgan fingerprint density at radius 1 is 1.08 bits per heavy atom. The van der Waals surface area contributed by atoms with Crippen molar-refractivity contribution in [3.05, 3.63) is 60.7 Å². The standard InChI is InChI=1S/C10H8N4O4.C5H11N/c15-9-8(14(17)18)7(12-10(16)13-9)4-3-6-2-1-5-11-6;1-2-4-6-5-3-1/h1-5,11H,(H2,12,13,15,16);6H,1-5H2/b4-3+;. The van der Waals surface area contributed by atoms with Crippen molar-refractivity contribution in [1.82, 2.24) is 20.3 Å². The van der Waals surface area contributed by atoms with Crippen molar-refractivity contribution in [2.45, 2.75) is 19.3 Å². The smallest absolute Gasteiger partial charge is 0.357 e. The molecule has 0 atom stereocenters. The molecule has 24 heavy (non-hydrogen) atoms. The first-order chi connectivity index (χ1) is 11.6. The first-order valence-electron chi connectivity index (χ1n) is 7.61. The Labute approximate surface area is 137 Å². The summed E-state index contributed by atoms with van der Waals surface area (Å²) in [7, 11) is 0. The van der Waals surface area contributed by atoms with Crippen LogP contribution >= 0.6 is 0 Å². The molecule has 2 aromatic rings. The minimum absolute atomic E-state index is 0.150. The molecule has 0 aliphatic carbocycles. The Hall–Kier alpha value is -2.94. The molecule has 0 unspecified atom stereocenters. The van der Waals surface area contributed by atoms with Crippen LogP contribution in [0.2, 0.25) is 0 Å². The van der Waals surface area contributed by atoms with Crippen LogP contribution in [-0.4, -0.2) is 33.0 Å². The highest BCUT2D eigenvalue weighted by Crippen LogP contribution is 2.11. The second-order valence-electron chi connectivity index (χ2n) is 5.20. The van der Waals surface area contributed by atoms with Crippen molar-refractivity contribution in [3.8, 4) is 0 Å². The van der Waals surface area contributed by atoms with Gasteiger partial charge in [-0.25, -0.2) is 4.79 Å². The van der Waals surface area contributed by atoms with Gasteiger partial charge in [-0.05, 0) is 50.2 Å². The van der Waals surface area contributed by atoms with Gasteiger partial charge in [-0.15, -0.1) is 0 Å². The van der Waals surface area contributed by atoms with Crippen LogP contribution in [0, 0.1) is 10.1 Å². The number of nitrogens with zero attached hydrogens (tertiary/aromatic N) is 1. The highest BCUT2D eigenvalue weighted by molar-refractivity contribution is 5.70. The largest absolute Gasteiger partial charge is 0.362 e. The van der Waals surface area contributed by atoms with E-state index in [0.29, 0.717) is 5.69 Å². The molecule has 3 rings (SSSR count). The summed E-state index contributed by atoms with van der Waals surface area (Å²) < 4.78 is 0. The summed E-state index contributed by atoms with van der Waals surface area (Å²) in [6, 6.07) is 3.47. The predicted octanol–water partition coefficient (Wildman–Crippen LogP) is 1.23. The van der Waals surface area contributed by atoms with Gasteiger partial charge in [0.05, 0.1) is 4.92 Å². The van der Waals surface area contributed by atoms with Gasteiger partial charge >= 0.3 is 16.9 Å². The minimum Gasteiger partial charge on any atom is -0.362 e. The third-order valence-electron chi connectivity index (χ3n) is 3.39. The van der Waals surface area contributed by atoms with E-state index in [0.717, 1.165) is 0 Å². The fourth-order valence-corrected chi connectivity index (χ4v) is 2.22. The molecule has 0 radical (unpaired) electrons. The van der Waals surface area contributed by atoms with Crippen LogP contribution < -0.4 is 16.6 Å². The van der Waals surface area contributed by atoms with Gasteiger partial charge in [0.2, 0.25) is 0 Å². The van der Waals surface area contributed by atoms with E-state index in [-0.39, 0.29) is 5.69 Å². The van der Waals surface area contributed by atoms with E-state index < -0.39 is 21.9 Å². The lowest BCUT2D eigenvalue weighted by Crippen LogP contribution is -2.25. The van der Waals surface area contributed by atoms with E-state index >= 15 is 0 Å². The van der Waals surface area contributed by atoms with E-state index in [1.807, 2.05) is 0 Å². The summed E-state index contributed by atoms with van der Waals surface area (Å²) >= 11 is 0. The number of hydrogen-bond acceptors (Lipinski definition) is 5. The summed E-state index contributed by atoms with van der Waals surface area (Å²) in [4.78, 5) is 39.1. The van der Waals surface area contributed by atoms with Gasteiger partial charge in [0.1, 0.15) is 5.69 Å². The van der Waals surface area contributed by atoms with Crippen LogP contribution in [0.3, 0.4) is 0 Å². The third-order valence-corrected chi connectivity index (χ3v) is 3.39. The Kier molecular flexibility index (Phi) is 6.26. The van der Waals surface area contributed by atoms with Crippen LogP contribution in [0.5, 0.6) is 0 Å². The molecular weight excluding hydrogens is 314 g/mol. The van der Waals surface area contributed by atoms with Gasteiger partial charge in [0.15, 0.2) is 0 Å². The third kappa shape index (κ3) is 5.06. The molecule has 3 heterocycles. The normalized spacial score (nSPS) is 14.2. The molecule has 9 nitrogen and oxygen atoms in total. The number of aromatic nitrogens is 3. The van der Waals surface area contributed by atoms with Crippen LogP contribution in [0.15, 0.2) is 27.9 Å². The number of H-pyrrole nitrogens is 3. The molecule has 1 saturated heterocycles. The number of nitro groups is 1. The molecular formula is C15H19N5O4. The maximum atomic E-state index is 11.3. The number of piperidine rings is 1. The van der Waals surface area contributed by atoms with Gasteiger partial charge in [-0.3, -0.25) is 19.9 Å². The summed E-state index contributed by atoms with van der Waals surface area (Å²) in [6.07, 6.45) is 8.69. The van der Waals surface area contributed by atoms with Crippen molar-refractivity contribution >= 4 is 17.8 Å². The van der Waals surface area contributed by atoms with Crippen molar-refractivity contribution in [1.29, 1.82) is 0 Å². The quantitative estimate of drug-likeness (QED) is 0.494. The van der Waals surface area contributed by atoms with Crippen LogP contribution in [0.4, 0.5) is 5.69 Å². The molecule has 0 amide bonds. The number of aromatic amines is 3. The zero-order valence-corrected chi connectivity index (χ0v) is 13.0. The van der Waals surface area contributed by atoms with Crippen molar-refractivity contribution < 1.29 is 4.92 Å². The van der Waals surface area contributed by atoms with Gasteiger partial charge in [0.25, 0.3) is 0 Å². The molecule has 2 aromatic heterocycles. The van der Waals surface area contributed by atoms with E-state index in [1.54, 1.807) is 23.3 Å². The number of nitrogens with one attached hydrogen (secondary N) is 4. The van der Waals surface area contributed by atoms with Crippen molar-refractivity contribution in [2.75, 3.05) is 13.1 Å². The molecule has 1 fully saturated rings. The van der Waals surface area contributed by atoms with E-state index in [2.05, 4.69) is 15.3 Å². The van der Waals surface area contributed by atoms with E-state index in [1.165, 1.54) is 44.5 Å². The minimum atomic E-state index is -1.03.